The van der Waals surface area contributed by atoms with Crippen LogP contribution in [-0.2, 0) is 6.54 Å². The lowest BCUT2D eigenvalue weighted by molar-refractivity contribution is 0.206. The van der Waals surface area contributed by atoms with Crippen molar-refractivity contribution in [3.63, 3.8) is 0 Å². The minimum Gasteiger partial charge on any atom is -0.334 e. The molecule has 0 aliphatic carbocycles. The van der Waals surface area contributed by atoms with E-state index in [0.29, 0.717) is 13.1 Å². The molecule has 0 spiro atoms. The van der Waals surface area contributed by atoms with Crippen molar-refractivity contribution in [2.24, 2.45) is 0 Å². The van der Waals surface area contributed by atoms with E-state index in [1.165, 1.54) is 0 Å². The second-order valence-corrected chi connectivity index (χ2v) is 6.72. The predicted molar refractivity (Wildman–Crippen MR) is 97.1 cm³/mol. The fourth-order valence-corrected chi connectivity index (χ4v) is 3.35. The maximum Gasteiger partial charge on any atom is 0.317 e. The number of hydrogen-bond donors (Lipinski definition) is 1. The second-order valence-electron chi connectivity index (χ2n) is 5.80. The molecule has 0 bridgehead atoms. The highest BCUT2D eigenvalue weighted by Gasteiger charge is 2.15. The molecule has 0 saturated carbocycles. The Bertz CT molecular complexity index is 814. The molecule has 5 nitrogen and oxygen atoms in total. The van der Waals surface area contributed by atoms with Crippen molar-refractivity contribution in [2.45, 2.75) is 19.4 Å². The number of likely N-dealkylation sites (N-methyl/N-ethyl adjacent to an activating group) is 1. The van der Waals surface area contributed by atoms with E-state index in [2.05, 4.69) is 22.2 Å². The SMILES string of the molecule is C[C@@H](CN(C)C(=O)NCc1ccnc2ccccc12)c1nccs1. The van der Waals surface area contributed by atoms with Crippen LogP contribution >= 0.6 is 11.3 Å². The lowest BCUT2D eigenvalue weighted by atomic mass is 10.1. The molecule has 2 amide bonds. The summed E-state index contributed by atoms with van der Waals surface area (Å²) in [5.74, 6) is 0.225. The van der Waals surface area contributed by atoms with E-state index in [1.807, 2.05) is 42.8 Å². The van der Waals surface area contributed by atoms with Gasteiger partial charge in [0.1, 0.15) is 0 Å². The first kappa shape index (κ1) is 16.4. The molecule has 24 heavy (non-hydrogen) atoms. The van der Waals surface area contributed by atoms with E-state index >= 15 is 0 Å². The van der Waals surface area contributed by atoms with Gasteiger partial charge in [0.25, 0.3) is 0 Å². The smallest absolute Gasteiger partial charge is 0.317 e. The van der Waals surface area contributed by atoms with E-state index in [-0.39, 0.29) is 11.9 Å². The molecule has 124 valence electrons. The molecular formula is C18H20N4OS. The lowest BCUT2D eigenvalue weighted by Gasteiger charge is -2.21. The molecule has 6 heteroatoms. The summed E-state index contributed by atoms with van der Waals surface area (Å²) in [5.41, 5.74) is 2.00. The van der Waals surface area contributed by atoms with Crippen LogP contribution in [0.15, 0.2) is 48.1 Å². The number of benzene rings is 1. The maximum absolute atomic E-state index is 12.3. The molecule has 0 unspecified atom stereocenters. The van der Waals surface area contributed by atoms with Crippen LogP contribution in [0.1, 0.15) is 23.4 Å². The Labute approximate surface area is 145 Å². The topological polar surface area (TPSA) is 58.1 Å². The third kappa shape index (κ3) is 3.71. The van der Waals surface area contributed by atoms with Gasteiger partial charge in [0.15, 0.2) is 0 Å². The summed E-state index contributed by atoms with van der Waals surface area (Å²) >= 11 is 1.62. The highest BCUT2D eigenvalue weighted by molar-refractivity contribution is 7.09. The Morgan fingerprint density at radius 1 is 1.25 bits per heavy atom. The number of fused-ring (bicyclic) bond motifs is 1. The van der Waals surface area contributed by atoms with Crippen molar-refractivity contribution in [3.8, 4) is 0 Å². The predicted octanol–water partition coefficient (Wildman–Crippen LogP) is 3.64. The van der Waals surface area contributed by atoms with Gasteiger partial charge in [0, 0.05) is 49.2 Å². The highest BCUT2D eigenvalue weighted by Crippen LogP contribution is 2.19. The van der Waals surface area contributed by atoms with Gasteiger partial charge in [-0.15, -0.1) is 11.3 Å². The average molecular weight is 340 g/mol. The van der Waals surface area contributed by atoms with Crippen molar-refractivity contribution in [1.29, 1.82) is 0 Å². The summed E-state index contributed by atoms with van der Waals surface area (Å²) in [5, 5.41) is 7.06. The Kier molecular flexibility index (Phi) is 5.05. The van der Waals surface area contributed by atoms with E-state index in [9.17, 15) is 4.79 Å². The number of carbonyl (C=O) groups is 1. The van der Waals surface area contributed by atoms with Crippen LogP contribution in [-0.4, -0.2) is 34.5 Å². The van der Waals surface area contributed by atoms with E-state index in [4.69, 9.17) is 0 Å². The normalized spacial score (nSPS) is 12.1. The number of urea groups is 1. The van der Waals surface area contributed by atoms with Crippen LogP contribution in [0, 0.1) is 0 Å². The lowest BCUT2D eigenvalue weighted by Crippen LogP contribution is -2.38. The molecule has 2 aromatic heterocycles. The number of nitrogens with zero attached hydrogens (tertiary/aromatic N) is 3. The van der Waals surface area contributed by atoms with Crippen LogP contribution in [0.2, 0.25) is 0 Å². The Hall–Kier alpha value is -2.47. The standard InChI is InChI=1S/C18H20N4OS/c1-13(17-20-9-10-24-17)12-22(2)18(23)21-11-14-7-8-19-16-6-4-3-5-15(14)16/h3-10,13H,11-12H2,1-2H3,(H,21,23)/t13-/m0/s1. The van der Waals surface area contributed by atoms with Gasteiger partial charge < -0.3 is 10.2 Å². The Morgan fingerprint density at radius 2 is 2.08 bits per heavy atom. The molecule has 0 fully saturated rings. The fraction of sp³-hybridized carbons (Fsp3) is 0.278. The Balaban J connectivity index is 1.60. The fourth-order valence-electron chi connectivity index (χ4n) is 2.66. The molecule has 0 aliphatic heterocycles. The molecule has 2 heterocycles. The highest BCUT2D eigenvalue weighted by atomic mass is 32.1. The molecular weight excluding hydrogens is 320 g/mol. The van der Waals surface area contributed by atoms with Crippen molar-refractivity contribution < 1.29 is 4.79 Å². The van der Waals surface area contributed by atoms with Crippen LogP contribution < -0.4 is 5.32 Å². The number of thiazole rings is 1. The number of para-hydroxylation sites is 1. The summed E-state index contributed by atoms with van der Waals surface area (Å²) in [7, 11) is 1.81. The molecule has 1 N–H and O–H groups in total. The first-order valence-corrected chi connectivity index (χ1v) is 8.74. The summed E-state index contributed by atoms with van der Waals surface area (Å²) in [4.78, 5) is 22.7. The summed E-state index contributed by atoms with van der Waals surface area (Å²) in [6.45, 7) is 3.20. The number of pyridine rings is 1. The Morgan fingerprint density at radius 3 is 2.88 bits per heavy atom. The van der Waals surface area contributed by atoms with Crippen molar-refractivity contribution in [3.05, 3.63) is 58.7 Å². The number of aromatic nitrogens is 2. The number of rotatable bonds is 5. The van der Waals surface area contributed by atoms with Crippen molar-refractivity contribution in [2.75, 3.05) is 13.6 Å². The number of amides is 2. The molecule has 0 aliphatic rings. The molecule has 0 saturated heterocycles. The first-order chi connectivity index (χ1) is 11.6. The van der Waals surface area contributed by atoms with Crippen LogP contribution in [0.3, 0.4) is 0 Å². The van der Waals surface area contributed by atoms with Crippen LogP contribution in [0.25, 0.3) is 10.9 Å². The number of carbonyl (C=O) groups excluding carboxylic acids is 1. The summed E-state index contributed by atoms with van der Waals surface area (Å²) in [6, 6.07) is 9.81. The van der Waals surface area contributed by atoms with Crippen molar-refractivity contribution in [1.82, 2.24) is 20.2 Å². The third-order valence-corrected chi connectivity index (χ3v) is 4.94. The zero-order valence-electron chi connectivity index (χ0n) is 13.8. The van der Waals surface area contributed by atoms with E-state index in [1.54, 1.807) is 28.6 Å². The van der Waals surface area contributed by atoms with E-state index < -0.39 is 0 Å². The average Bonchev–Trinajstić information content (AvgIpc) is 3.14. The zero-order valence-corrected chi connectivity index (χ0v) is 14.6. The van der Waals surface area contributed by atoms with Gasteiger partial charge in [-0.05, 0) is 17.7 Å². The second kappa shape index (κ2) is 7.40. The number of nitrogens with one attached hydrogen (secondary N) is 1. The van der Waals surface area contributed by atoms with Gasteiger partial charge in [-0.3, -0.25) is 4.98 Å². The van der Waals surface area contributed by atoms with Crippen LogP contribution in [0.4, 0.5) is 4.79 Å². The zero-order chi connectivity index (χ0) is 16.9. The van der Waals surface area contributed by atoms with Crippen LogP contribution in [0.5, 0.6) is 0 Å². The monoisotopic (exact) mass is 340 g/mol. The first-order valence-electron chi connectivity index (χ1n) is 7.86. The summed E-state index contributed by atoms with van der Waals surface area (Å²) in [6.07, 6.45) is 3.57. The molecule has 0 radical (unpaired) electrons. The number of hydrogen-bond acceptors (Lipinski definition) is 4. The maximum atomic E-state index is 12.3. The van der Waals surface area contributed by atoms with Gasteiger partial charge in [0.2, 0.25) is 0 Å². The molecule has 3 rings (SSSR count). The molecule has 1 atom stereocenters. The van der Waals surface area contributed by atoms with Gasteiger partial charge in [-0.1, -0.05) is 25.1 Å². The molecule has 1 aromatic carbocycles. The summed E-state index contributed by atoms with van der Waals surface area (Å²) < 4.78 is 0. The van der Waals surface area contributed by atoms with Gasteiger partial charge in [0.05, 0.1) is 10.5 Å². The largest absolute Gasteiger partial charge is 0.334 e. The quantitative estimate of drug-likeness (QED) is 0.771. The third-order valence-electron chi connectivity index (χ3n) is 3.94. The van der Waals surface area contributed by atoms with Crippen molar-refractivity contribution >= 4 is 28.3 Å². The van der Waals surface area contributed by atoms with Gasteiger partial charge >= 0.3 is 6.03 Å². The van der Waals surface area contributed by atoms with E-state index in [0.717, 1.165) is 21.5 Å². The minimum absolute atomic E-state index is 0.0840. The minimum atomic E-state index is -0.0840. The van der Waals surface area contributed by atoms with Gasteiger partial charge in [-0.25, -0.2) is 9.78 Å². The molecule has 3 aromatic rings. The van der Waals surface area contributed by atoms with Gasteiger partial charge in [-0.2, -0.15) is 0 Å².